The van der Waals surface area contributed by atoms with Crippen molar-refractivity contribution in [2.75, 3.05) is 5.32 Å². The van der Waals surface area contributed by atoms with Gasteiger partial charge in [0.1, 0.15) is 0 Å². The molecular formula is C10H12N6S. The van der Waals surface area contributed by atoms with Gasteiger partial charge >= 0.3 is 0 Å². The molecule has 0 unspecified atom stereocenters. The lowest BCUT2D eigenvalue weighted by Gasteiger charge is -1.98. The zero-order valence-corrected chi connectivity index (χ0v) is 10.4. The van der Waals surface area contributed by atoms with E-state index in [1.807, 2.05) is 24.7 Å². The number of rotatable bonds is 3. The van der Waals surface area contributed by atoms with Crippen LogP contribution in [-0.2, 0) is 13.6 Å². The Kier molecular flexibility index (Phi) is 2.32. The minimum absolute atomic E-state index is 0.701. The van der Waals surface area contributed by atoms with Crippen LogP contribution in [0, 0.1) is 6.92 Å². The van der Waals surface area contributed by atoms with Gasteiger partial charge in [-0.05, 0) is 13.0 Å². The van der Waals surface area contributed by atoms with Gasteiger partial charge in [0.15, 0.2) is 10.8 Å². The molecule has 3 aromatic heterocycles. The van der Waals surface area contributed by atoms with Crippen molar-refractivity contribution in [2.45, 2.75) is 13.5 Å². The van der Waals surface area contributed by atoms with E-state index >= 15 is 0 Å². The van der Waals surface area contributed by atoms with Crippen LogP contribution in [0.15, 0.2) is 12.3 Å². The molecule has 0 amide bonds. The smallest absolute Gasteiger partial charge is 0.185 e. The van der Waals surface area contributed by atoms with Crippen molar-refractivity contribution in [1.82, 2.24) is 25.0 Å². The third kappa shape index (κ3) is 1.78. The van der Waals surface area contributed by atoms with E-state index in [0.29, 0.717) is 6.54 Å². The molecule has 17 heavy (non-hydrogen) atoms. The van der Waals surface area contributed by atoms with Crippen LogP contribution in [0.4, 0.5) is 5.13 Å². The first-order valence-corrected chi connectivity index (χ1v) is 6.08. The largest absolute Gasteiger partial charge is 0.356 e. The van der Waals surface area contributed by atoms with Crippen LogP contribution in [-0.4, -0.2) is 25.0 Å². The third-order valence-corrected chi connectivity index (χ3v) is 3.64. The van der Waals surface area contributed by atoms with Gasteiger partial charge < -0.3 is 5.32 Å². The predicted molar refractivity (Wildman–Crippen MR) is 67.0 cm³/mol. The van der Waals surface area contributed by atoms with Crippen LogP contribution in [0.5, 0.6) is 0 Å². The molecule has 0 spiro atoms. The number of nitrogens with one attached hydrogen (secondary N) is 2. The monoisotopic (exact) mass is 248 g/mol. The van der Waals surface area contributed by atoms with Gasteiger partial charge in [-0.25, -0.2) is 9.67 Å². The highest BCUT2D eigenvalue weighted by Gasteiger charge is 2.11. The number of fused-ring (bicyclic) bond motifs is 1. The molecular weight excluding hydrogens is 236 g/mol. The second-order valence-electron chi connectivity index (χ2n) is 3.82. The lowest BCUT2D eigenvalue weighted by Crippen LogP contribution is -1.99. The van der Waals surface area contributed by atoms with Crippen LogP contribution in [0.2, 0.25) is 0 Å². The fraction of sp³-hybridized carbons (Fsp3) is 0.300. The number of thiazole rings is 1. The number of aryl methyl sites for hydroxylation is 2. The predicted octanol–water partition coefficient (Wildman–Crippen LogP) is 1.67. The molecule has 0 saturated carbocycles. The maximum atomic E-state index is 4.51. The SMILES string of the molecule is Cc1nn(C)c2nc(NCc3ccn[nH]3)sc12. The highest BCUT2D eigenvalue weighted by molar-refractivity contribution is 7.22. The molecule has 0 atom stereocenters. The van der Waals surface area contributed by atoms with Crippen molar-refractivity contribution in [2.24, 2.45) is 7.05 Å². The standard InChI is InChI=1S/C10H12N6S/c1-6-8-9(16(2)15-6)13-10(17-8)11-5-7-3-4-12-14-7/h3-4H,5H2,1-2H3,(H,11,13)(H,12,14). The van der Waals surface area contributed by atoms with E-state index in [-0.39, 0.29) is 0 Å². The molecule has 0 bridgehead atoms. The van der Waals surface area contributed by atoms with Crippen molar-refractivity contribution in [3.63, 3.8) is 0 Å². The van der Waals surface area contributed by atoms with Crippen molar-refractivity contribution in [3.05, 3.63) is 23.7 Å². The number of H-pyrrole nitrogens is 1. The summed E-state index contributed by atoms with van der Waals surface area (Å²) in [7, 11) is 1.91. The zero-order valence-electron chi connectivity index (χ0n) is 9.56. The van der Waals surface area contributed by atoms with Gasteiger partial charge in [0.2, 0.25) is 0 Å². The highest BCUT2D eigenvalue weighted by atomic mass is 32.1. The van der Waals surface area contributed by atoms with E-state index in [0.717, 1.165) is 26.9 Å². The summed E-state index contributed by atoms with van der Waals surface area (Å²) in [4.78, 5) is 4.51. The summed E-state index contributed by atoms with van der Waals surface area (Å²) >= 11 is 1.63. The Balaban J connectivity index is 1.84. The Hall–Kier alpha value is -1.89. The zero-order chi connectivity index (χ0) is 11.8. The molecule has 3 aromatic rings. The Morgan fingerprint density at radius 1 is 1.53 bits per heavy atom. The summed E-state index contributed by atoms with van der Waals surface area (Å²) in [5.74, 6) is 0. The molecule has 7 heteroatoms. The van der Waals surface area contributed by atoms with E-state index in [4.69, 9.17) is 0 Å². The van der Waals surface area contributed by atoms with Crippen LogP contribution in [0.25, 0.3) is 10.3 Å². The average molecular weight is 248 g/mol. The number of aromatic nitrogens is 5. The molecule has 88 valence electrons. The number of hydrogen-bond acceptors (Lipinski definition) is 5. The first-order chi connectivity index (χ1) is 8.24. The number of hydrogen-bond donors (Lipinski definition) is 2. The molecule has 0 aliphatic rings. The molecule has 0 aliphatic heterocycles. The first-order valence-electron chi connectivity index (χ1n) is 5.26. The average Bonchev–Trinajstić information content (AvgIpc) is 2.98. The first kappa shape index (κ1) is 10.3. The summed E-state index contributed by atoms with van der Waals surface area (Å²) in [5.41, 5.74) is 2.99. The fourth-order valence-corrected chi connectivity index (χ4v) is 2.64. The highest BCUT2D eigenvalue weighted by Crippen LogP contribution is 2.28. The summed E-state index contributed by atoms with van der Waals surface area (Å²) in [5, 5.41) is 15.3. The summed E-state index contributed by atoms with van der Waals surface area (Å²) < 4.78 is 2.95. The Bertz CT molecular complexity index is 601. The molecule has 6 nitrogen and oxygen atoms in total. The van der Waals surface area contributed by atoms with Crippen LogP contribution >= 0.6 is 11.3 Å². The lowest BCUT2D eigenvalue weighted by molar-refractivity contribution is 0.774. The maximum absolute atomic E-state index is 4.51. The van der Waals surface area contributed by atoms with E-state index in [1.54, 1.807) is 17.5 Å². The minimum atomic E-state index is 0.701. The molecule has 0 aliphatic carbocycles. The van der Waals surface area contributed by atoms with Gasteiger partial charge in [0.05, 0.1) is 22.6 Å². The Labute approximate surface area is 102 Å². The number of anilines is 1. The van der Waals surface area contributed by atoms with Crippen molar-refractivity contribution >= 4 is 26.8 Å². The molecule has 0 fully saturated rings. The topological polar surface area (TPSA) is 71.4 Å². The normalized spacial score (nSPS) is 11.2. The van der Waals surface area contributed by atoms with Crippen LogP contribution < -0.4 is 5.32 Å². The number of nitrogens with zero attached hydrogens (tertiary/aromatic N) is 4. The van der Waals surface area contributed by atoms with E-state index in [2.05, 4.69) is 25.6 Å². The van der Waals surface area contributed by atoms with E-state index in [1.165, 1.54) is 0 Å². The minimum Gasteiger partial charge on any atom is -0.356 e. The lowest BCUT2D eigenvalue weighted by atomic mass is 10.4. The van der Waals surface area contributed by atoms with E-state index in [9.17, 15) is 0 Å². The summed E-state index contributed by atoms with van der Waals surface area (Å²) in [6.45, 7) is 2.70. The van der Waals surface area contributed by atoms with Gasteiger partial charge in [-0.3, -0.25) is 5.10 Å². The van der Waals surface area contributed by atoms with Gasteiger partial charge in [0.25, 0.3) is 0 Å². The fourth-order valence-electron chi connectivity index (χ4n) is 1.71. The Morgan fingerprint density at radius 2 is 2.41 bits per heavy atom. The number of aromatic amines is 1. The summed E-state index contributed by atoms with van der Waals surface area (Å²) in [6.07, 6.45) is 1.74. The maximum Gasteiger partial charge on any atom is 0.185 e. The van der Waals surface area contributed by atoms with Crippen molar-refractivity contribution in [1.29, 1.82) is 0 Å². The van der Waals surface area contributed by atoms with Crippen LogP contribution in [0.3, 0.4) is 0 Å². The molecule has 3 rings (SSSR count). The Morgan fingerprint density at radius 3 is 3.12 bits per heavy atom. The van der Waals surface area contributed by atoms with Gasteiger partial charge in [-0.15, -0.1) is 0 Å². The molecule has 0 aromatic carbocycles. The van der Waals surface area contributed by atoms with Gasteiger partial charge in [-0.1, -0.05) is 11.3 Å². The van der Waals surface area contributed by atoms with Crippen molar-refractivity contribution in [3.8, 4) is 0 Å². The molecule has 0 radical (unpaired) electrons. The molecule has 3 heterocycles. The quantitative estimate of drug-likeness (QED) is 0.739. The molecule has 2 N–H and O–H groups in total. The second-order valence-corrected chi connectivity index (χ2v) is 4.82. The third-order valence-electron chi connectivity index (χ3n) is 2.53. The summed E-state index contributed by atoms with van der Waals surface area (Å²) in [6, 6.07) is 1.94. The second kappa shape index (κ2) is 3.85. The van der Waals surface area contributed by atoms with Gasteiger partial charge in [0, 0.05) is 13.2 Å². The molecule has 0 saturated heterocycles. The van der Waals surface area contributed by atoms with Crippen LogP contribution in [0.1, 0.15) is 11.4 Å². The van der Waals surface area contributed by atoms with E-state index < -0.39 is 0 Å². The van der Waals surface area contributed by atoms with Gasteiger partial charge in [-0.2, -0.15) is 10.2 Å². The van der Waals surface area contributed by atoms with Crippen molar-refractivity contribution < 1.29 is 0 Å².